The number of Topliss-reactive ketones (excluding diaryl/α,β-unsaturated/α-hetero) is 1. The molecule has 19 heavy (non-hydrogen) atoms. The van der Waals surface area contributed by atoms with Crippen LogP contribution >= 0.6 is 11.6 Å². The van der Waals surface area contributed by atoms with E-state index in [1.807, 2.05) is 0 Å². The maximum absolute atomic E-state index is 12.4. The molecule has 0 bridgehead atoms. The van der Waals surface area contributed by atoms with Crippen LogP contribution in [0.4, 0.5) is 13.2 Å². The Morgan fingerprint density at radius 1 is 1.26 bits per heavy atom. The van der Waals surface area contributed by atoms with E-state index in [0.29, 0.717) is 12.0 Å². The third-order valence-electron chi connectivity index (χ3n) is 3.49. The molecule has 1 aromatic carbocycles. The number of aromatic hydroxyl groups is 1. The van der Waals surface area contributed by atoms with Crippen LogP contribution in [0.25, 0.3) is 0 Å². The second kappa shape index (κ2) is 5.04. The van der Waals surface area contributed by atoms with Crippen LogP contribution in [0.3, 0.4) is 0 Å². The molecule has 0 aromatic heterocycles. The third-order valence-corrected chi connectivity index (χ3v) is 3.79. The lowest BCUT2D eigenvalue weighted by atomic mass is 9.94. The molecule has 6 heteroatoms. The highest BCUT2D eigenvalue weighted by Gasteiger charge is 2.43. The Morgan fingerprint density at radius 2 is 1.89 bits per heavy atom. The number of ketones is 1. The first kappa shape index (κ1) is 14.2. The Morgan fingerprint density at radius 3 is 2.53 bits per heavy atom. The number of aryl methyl sites for hydroxylation is 1. The number of hydrogen-bond donors (Lipinski definition) is 1. The molecule has 1 unspecified atom stereocenters. The number of carbonyl (C=O) groups excluding carboxylic acids is 1. The summed E-state index contributed by atoms with van der Waals surface area (Å²) in [6.07, 6.45) is -3.99. The smallest absolute Gasteiger partial charge is 0.450 e. The SMILES string of the molecule is O=C(C1CCc2ccc(Cl)c(O)c2CC1)C(F)(F)F. The average Bonchev–Trinajstić information content (AvgIpc) is 2.54. The Balaban J connectivity index is 2.22. The summed E-state index contributed by atoms with van der Waals surface area (Å²) in [7, 11) is 0. The highest BCUT2D eigenvalue weighted by atomic mass is 35.5. The molecule has 2 rings (SSSR count). The van der Waals surface area contributed by atoms with E-state index in [1.54, 1.807) is 6.07 Å². The lowest BCUT2D eigenvalue weighted by molar-refractivity contribution is -0.176. The number of alkyl halides is 3. The van der Waals surface area contributed by atoms with E-state index in [-0.39, 0.29) is 30.0 Å². The average molecular weight is 293 g/mol. The first-order chi connectivity index (χ1) is 8.80. The molecule has 1 N–H and O–H groups in total. The van der Waals surface area contributed by atoms with Gasteiger partial charge in [-0.2, -0.15) is 13.2 Å². The summed E-state index contributed by atoms with van der Waals surface area (Å²) in [6.45, 7) is 0. The number of hydrogen-bond acceptors (Lipinski definition) is 2. The van der Waals surface area contributed by atoms with Crippen molar-refractivity contribution in [1.82, 2.24) is 0 Å². The monoisotopic (exact) mass is 292 g/mol. The van der Waals surface area contributed by atoms with E-state index >= 15 is 0 Å². The van der Waals surface area contributed by atoms with Gasteiger partial charge in [-0.25, -0.2) is 0 Å². The molecule has 1 aliphatic rings. The molecule has 0 saturated heterocycles. The largest absolute Gasteiger partial charge is 0.506 e. The molecule has 0 saturated carbocycles. The minimum Gasteiger partial charge on any atom is -0.506 e. The van der Waals surface area contributed by atoms with Crippen molar-refractivity contribution in [3.05, 3.63) is 28.3 Å². The fourth-order valence-electron chi connectivity index (χ4n) is 2.45. The van der Waals surface area contributed by atoms with Gasteiger partial charge in [0.2, 0.25) is 5.78 Å². The Hall–Kier alpha value is -1.23. The van der Waals surface area contributed by atoms with Gasteiger partial charge in [-0.1, -0.05) is 17.7 Å². The fourth-order valence-corrected chi connectivity index (χ4v) is 2.63. The molecule has 0 amide bonds. The summed E-state index contributed by atoms with van der Waals surface area (Å²) in [5.74, 6) is -2.80. The van der Waals surface area contributed by atoms with Crippen LogP contribution in [-0.2, 0) is 17.6 Å². The minimum absolute atomic E-state index is 0.0826. The van der Waals surface area contributed by atoms with E-state index in [0.717, 1.165) is 5.56 Å². The van der Waals surface area contributed by atoms with Gasteiger partial charge in [-0.15, -0.1) is 0 Å². The van der Waals surface area contributed by atoms with Crippen molar-refractivity contribution in [3.8, 4) is 5.75 Å². The van der Waals surface area contributed by atoms with E-state index in [4.69, 9.17) is 11.6 Å². The van der Waals surface area contributed by atoms with Gasteiger partial charge in [0, 0.05) is 5.92 Å². The Kier molecular flexibility index (Phi) is 3.76. The predicted molar refractivity (Wildman–Crippen MR) is 64.3 cm³/mol. The van der Waals surface area contributed by atoms with Crippen LogP contribution in [0, 0.1) is 5.92 Å². The van der Waals surface area contributed by atoms with Gasteiger partial charge in [0.25, 0.3) is 0 Å². The molecule has 1 atom stereocenters. The number of carbonyl (C=O) groups is 1. The lowest BCUT2D eigenvalue weighted by Crippen LogP contribution is -2.30. The first-order valence-electron chi connectivity index (χ1n) is 5.91. The summed E-state index contributed by atoms with van der Waals surface area (Å²) < 4.78 is 37.3. The highest BCUT2D eigenvalue weighted by molar-refractivity contribution is 6.32. The fraction of sp³-hybridized carbons (Fsp3) is 0.462. The van der Waals surface area contributed by atoms with Crippen molar-refractivity contribution in [2.45, 2.75) is 31.9 Å². The van der Waals surface area contributed by atoms with Crippen LogP contribution in [0.2, 0.25) is 5.02 Å². The second-order valence-electron chi connectivity index (χ2n) is 4.67. The van der Waals surface area contributed by atoms with Crippen molar-refractivity contribution in [1.29, 1.82) is 0 Å². The van der Waals surface area contributed by atoms with E-state index in [9.17, 15) is 23.1 Å². The zero-order valence-electron chi connectivity index (χ0n) is 9.93. The number of phenols is 1. The van der Waals surface area contributed by atoms with Gasteiger partial charge in [-0.3, -0.25) is 4.79 Å². The molecule has 0 fully saturated rings. The summed E-state index contributed by atoms with van der Waals surface area (Å²) in [6, 6.07) is 3.21. The van der Waals surface area contributed by atoms with Crippen molar-refractivity contribution in [3.63, 3.8) is 0 Å². The molecular formula is C13H12ClF3O2. The molecule has 2 nitrogen and oxygen atoms in total. The van der Waals surface area contributed by atoms with Gasteiger partial charge in [0.1, 0.15) is 5.75 Å². The summed E-state index contributed by atoms with van der Waals surface area (Å²) >= 11 is 5.77. The van der Waals surface area contributed by atoms with Gasteiger partial charge >= 0.3 is 6.18 Å². The van der Waals surface area contributed by atoms with Crippen LogP contribution in [0.1, 0.15) is 24.0 Å². The Bertz CT molecular complexity index is 511. The zero-order valence-corrected chi connectivity index (χ0v) is 10.7. The van der Waals surface area contributed by atoms with Crippen LogP contribution in [-0.4, -0.2) is 17.1 Å². The van der Waals surface area contributed by atoms with E-state index in [1.165, 1.54) is 6.07 Å². The van der Waals surface area contributed by atoms with Crippen molar-refractivity contribution >= 4 is 17.4 Å². The van der Waals surface area contributed by atoms with Gasteiger partial charge in [0.15, 0.2) is 0 Å². The quantitative estimate of drug-likeness (QED) is 0.802. The number of benzene rings is 1. The van der Waals surface area contributed by atoms with Crippen molar-refractivity contribution in [2.24, 2.45) is 5.92 Å². The van der Waals surface area contributed by atoms with Crippen LogP contribution in [0.5, 0.6) is 5.75 Å². The minimum atomic E-state index is -4.79. The highest BCUT2D eigenvalue weighted by Crippen LogP contribution is 2.37. The van der Waals surface area contributed by atoms with Crippen molar-refractivity contribution in [2.75, 3.05) is 0 Å². The molecule has 1 aromatic rings. The van der Waals surface area contributed by atoms with Crippen LogP contribution in [0.15, 0.2) is 12.1 Å². The maximum atomic E-state index is 12.4. The molecule has 0 aliphatic heterocycles. The predicted octanol–water partition coefficient (Wildman–Crippen LogP) is 3.67. The van der Waals surface area contributed by atoms with Gasteiger partial charge in [-0.05, 0) is 42.9 Å². The second-order valence-corrected chi connectivity index (χ2v) is 5.08. The molecule has 0 radical (unpaired) electrons. The third kappa shape index (κ3) is 2.86. The number of fused-ring (bicyclic) bond motifs is 1. The number of phenolic OH excluding ortho intramolecular Hbond substituents is 1. The molecule has 1 aliphatic carbocycles. The standard InChI is InChI=1S/C13H12ClF3O2/c14-10-6-4-7-1-2-8(12(19)13(15,16)17)3-5-9(7)11(10)18/h4,6,8,18H,1-3,5H2. The summed E-state index contributed by atoms with van der Waals surface area (Å²) in [5.41, 5.74) is 1.32. The summed E-state index contributed by atoms with van der Waals surface area (Å²) in [4.78, 5) is 11.3. The number of rotatable bonds is 1. The molecular weight excluding hydrogens is 281 g/mol. The van der Waals surface area contributed by atoms with E-state index < -0.39 is 17.9 Å². The van der Waals surface area contributed by atoms with Gasteiger partial charge in [0.05, 0.1) is 5.02 Å². The molecule has 0 heterocycles. The summed E-state index contributed by atoms with van der Waals surface area (Å²) in [5, 5.41) is 9.99. The zero-order chi connectivity index (χ0) is 14.2. The first-order valence-corrected chi connectivity index (χ1v) is 6.28. The molecule has 104 valence electrons. The normalized spacial score (nSPS) is 19.7. The number of halogens is 4. The maximum Gasteiger partial charge on any atom is 0.450 e. The van der Waals surface area contributed by atoms with E-state index in [2.05, 4.69) is 0 Å². The van der Waals surface area contributed by atoms with Gasteiger partial charge < -0.3 is 5.11 Å². The molecule has 0 spiro atoms. The topological polar surface area (TPSA) is 37.3 Å². The van der Waals surface area contributed by atoms with Crippen LogP contribution < -0.4 is 0 Å². The lowest BCUT2D eigenvalue weighted by Gasteiger charge is -2.14. The Labute approximate surface area is 113 Å². The van der Waals surface area contributed by atoms with Crippen molar-refractivity contribution < 1.29 is 23.1 Å².